The van der Waals surface area contributed by atoms with Crippen molar-refractivity contribution in [2.75, 3.05) is 6.54 Å². The van der Waals surface area contributed by atoms with E-state index in [0.29, 0.717) is 24.1 Å². The van der Waals surface area contributed by atoms with Gasteiger partial charge in [-0.1, -0.05) is 58.2 Å². The van der Waals surface area contributed by atoms with Crippen LogP contribution in [0.1, 0.15) is 90.5 Å². The standard InChI is InChI=1S/C30H43NO3/c1-30(2,3)25-12-15-27(16-13-25)34-28-14-11-23-19-22(9-10-24(23)20-28)21-31(18-17-29(32)33)26-7-5-4-6-8-26/h9-11,14,19-20,25-27H,4-8,12-13,15-18,21H2,1-3H3,(H,32,33)/t25-,27-. The number of hydrogen-bond acceptors (Lipinski definition) is 3. The van der Waals surface area contributed by atoms with Crippen molar-refractivity contribution in [1.29, 1.82) is 0 Å². The lowest BCUT2D eigenvalue weighted by atomic mass is 9.72. The highest BCUT2D eigenvalue weighted by atomic mass is 16.5. The smallest absolute Gasteiger partial charge is 0.304 e. The maximum absolute atomic E-state index is 11.2. The van der Waals surface area contributed by atoms with E-state index in [-0.39, 0.29) is 6.42 Å². The molecule has 0 heterocycles. The Labute approximate surface area is 205 Å². The van der Waals surface area contributed by atoms with Gasteiger partial charge in [-0.15, -0.1) is 0 Å². The van der Waals surface area contributed by atoms with Crippen molar-refractivity contribution in [2.24, 2.45) is 11.3 Å². The molecule has 0 atom stereocenters. The molecule has 0 unspecified atom stereocenters. The van der Waals surface area contributed by atoms with E-state index in [4.69, 9.17) is 4.74 Å². The zero-order chi connectivity index (χ0) is 24.1. The number of aliphatic carboxylic acids is 1. The highest BCUT2D eigenvalue weighted by molar-refractivity contribution is 5.84. The van der Waals surface area contributed by atoms with Gasteiger partial charge in [-0.2, -0.15) is 0 Å². The lowest BCUT2D eigenvalue weighted by Crippen LogP contribution is -2.37. The fourth-order valence-electron chi connectivity index (χ4n) is 5.99. The van der Waals surface area contributed by atoms with E-state index < -0.39 is 5.97 Å². The van der Waals surface area contributed by atoms with Gasteiger partial charge in [0, 0.05) is 19.1 Å². The van der Waals surface area contributed by atoms with E-state index in [1.165, 1.54) is 61.3 Å². The molecule has 4 heteroatoms. The Kier molecular flexibility index (Phi) is 8.18. The second-order valence-corrected chi connectivity index (χ2v) is 11.7. The van der Waals surface area contributed by atoms with Gasteiger partial charge in [0.05, 0.1) is 12.5 Å². The molecule has 0 radical (unpaired) electrons. The van der Waals surface area contributed by atoms with E-state index in [0.717, 1.165) is 31.1 Å². The van der Waals surface area contributed by atoms with E-state index in [9.17, 15) is 9.90 Å². The highest BCUT2D eigenvalue weighted by Crippen LogP contribution is 2.39. The van der Waals surface area contributed by atoms with Crippen LogP contribution in [0.25, 0.3) is 10.8 Å². The monoisotopic (exact) mass is 465 g/mol. The van der Waals surface area contributed by atoms with Crippen LogP contribution >= 0.6 is 0 Å². The molecule has 2 aromatic carbocycles. The van der Waals surface area contributed by atoms with Crippen LogP contribution in [0.3, 0.4) is 0 Å². The molecule has 4 rings (SSSR count). The van der Waals surface area contributed by atoms with Crippen molar-refractivity contribution >= 4 is 16.7 Å². The Bertz CT molecular complexity index is 949. The molecule has 0 spiro atoms. The van der Waals surface area contributed by atoms with Gasteiger partial charge in [-0.25, -0.2) is 0 Å². The molecule has 0 saturated heterocycles. The molecule has 186 valence electrons. The first-order chi connectivity index (χ1) is 16.3. The molecular weight excluding hydrogens is 422 g/mol. The van der Waals surface area contributed by atoms with Gasteiger partial charge < -0.3 is 9.84 Å². The number of carboxylic acid groups (broad SMARTS) is 1. The molecule has 0 aromatic heterocycles. The van der Waals surface area contributed by atoms with E-state index in [1.807, 2.05) is 0 Å². The van der Waals surface area contributed by atoms with Crippen LogP contribution in [0, 0.1) is 11.3 Å². The number of carboxylic acids is 1. The van der Waals surface area contributed by atoms with Crippen LogP contribution in [0.2, 0.25) is 0 Å². The van der Waals surface area contributed by atoms with Crippen LogP contribution in [0.4, 0.5) is 0 Å². The van der Waals surface area contributed by atoms with Crippen LogP contribution in [0.5, 0.6) is 5.75 Å². The molecule has 34 heavy (non-hydrogen) atoms. The van der Waals surface area contributed by atoms with Gasteiger partial charge in [0.15, 0.2) is 0 Å². The third-order valence-electron chi connectivity index (χ3n) is 8.17. The molecule has 2 aliphatic carbocycles. The molecule has 2 fully saturated rings. The minimum atomic E-state index is -0.709. The Balaban J connectivity index is 1.40. The third kappa shape index (κ3) is 6.75. The van der Waals surface area contributed by atoms with Gasteiger partial charge in [0.25, 0.3) is 0 Å². The second kappa shape index (κ2) is 11.1. The van der Waals surface area contributed by atoms with Gasteiger partial charge in [-0.3, -0.25) is 9.69 Å². The number of carbonyl (C=O) groups is 1. The number of nitrogens with zero attached hydrogens (tertiary/aromatic N) is 1. The van der Waals surface area contributed by atoms with Crippen LogP contribution < -0.4 is 4.74 Å². The molecule has 2 aromatic rings. The first kappa shape index (κ1) is 25.0. The van der Waals surface area contributed by atoms with Gasteiger partial charge in [0.2, 0.25) is 0 Å². The van der Waals surface area contributed by atoms with E-state index in [1.54, 1.807) is 0 Å². The lowest BCUT2D eigenvalue weighted by molar-refractivity contribution is -0.137. The normalized spacial score (nSPS) is 22.2. The summed E-state index contributed by atoms with van der Waals surface area (Å²) in [6, 6.07) is 13.7. The SMILES string of the molecule is CC(C)(C)[C@H]1CC[C@H](Oc2ccc3cc(CN(CCC(=O)O)C4CCCCC4)ccc3c2)CC1. The van der Waals surface area contributed by atoms with Crippen molar-refractivity contribution in [2.45, 2.75) is 104 Å². The number of benzene rings is 2. The van der Waals surface area contributed by atoms with Crippen LogP contribution in [-0.4, -0.2) is 34.7 Å². The average molecular weight is 466 g/mol. The summed E-state index contributed by atoms with van der Waals surface area (Å²) in [5, 5.41) is 11.7. The first-order valence-corrected chi connectivity index (χ1v) is 13.4. The van der Waals surface area contributed by atoms with Gasteiger partial charge >= 0.3 is 5.97 Å². The summed E-state index contributed by atoms with van der Waals surface area (Å²) in [5.74, 6) is 1.06. The predicted molar refractivity (Wildman–Crippen MR) is 139 cm³/mol. The quantitative estimate of drug-likeness (QED) is 0.440. The maximum atomic E-state index is 11.2. The van der Waals surface area contributed by atoms with Crippen molar-refractivity contribution in [3.05, 3.63) is 42.0 Å². The molecule has 0 aliphatic heterocycles. The second-order valence-electron chi connectivity index (χ2n) is 11.7. The molecule has 1 N–H and O–H groups in total. The Morgan fingerprint density at radius 1 is 0.941 bits per heavy atom. The van der Waals surface area contributed by atoms with E-state index >= 15 is 0 Å². The molecular formula is C30H43NO3. The summed E-state index contributed by atoms with van der Waals surface area (Å²) in [6.45, 7) is 8.52. The third-order valence-corrected chi connectivity index (χ3v) is 8.17. The van der Waals surface area contributed by atoms with Gasteiger partial charge in [0.1, 0.15) is 5.75 Å². The van der Waals surface area contributed by atoms with Crippen molar-refractivity contribution in [3.8, 4) is 5.75 Å². The summed E-state index contributed by atoms with van der Waals surface area (Å²) in [5.41, 5.74) is 1.66. The molecule has 2 saturated carbocycles. The van der Waals surface area contributed by atoms with E-state index in [2.05, 4.69) is 62.1 Å². The minimum Gasteiger partial charge on any atom is -0.490 e. The Hall–Kier alpha value is -2.07. The summed E-state index contributed by atoms with van der Waals surface area (Å²) in [7, 11) is 0. The fraction of sp³-hybridized carbons (Fsp3) is 0.633. The van der Waals surface area contributed by atoms with Crippen LogP contribution in [-0.2, 0) is 11.3 Å². The zero-order valence-corrected chi connectivity index (χ0v) is 21.4. The molecule has 0 bridgehead atoms. The Morgan fingerprint density at radius 3 is 2.29 bits per heavy atom. The number of rotatable bonds is 8. The van der Waals surface area contributed by atoms with Crippen molar-refractivity contribution in [1.82, 2.24) is 4.90 Å². The summed E-state index contributed by atoms with van der Waals surface area (Å²) >= 11 is 0. The highest BCUT2D eigenvalue weighted by Gasteiger charge is 2.30. The number of fused-ring (bicyclic) bond motifs is 1. The number of ether oxygens (including phenoxy) is 1. The maximum Gasteiger partial charge on any atom is 0.304 e. The predicted octanol–water partition coefficient (Wildman–Crippen LogP) is 7.43. The lowest BCUT2D eigenvalue weighted by Gasteiger charge is -2.37. The largest absolute Gasteiger partial charge is 0.490 e. The number of hydrogen-bond donors (Lipinski definition) is 1. The summed E-state index contributed by atoms with van der Waals surface area (Å²) in [4.78, 5) is 13.6. The molecule has 0 amide bonds. The Morgan fingerprint density at radius 2 is 1.62 bits per heavy atom. The zero-order valence-electron chi connectivity index (χ0n) is 21.4. The minimum absolute atomic E-state index is 0.211. The fourth-order valence-corrected chi connectivity index (χ4v) is 5.99. The summed E-state index contributed by atoms with van der Waals surface area (Å²) in [6.07, 6.45) is 11.5. The molecule has 4 nitrogen and oxygen atoms in total. The van der Waals surface area contributed by atoms with Crippen LogP contribution in [0.15, 0.2) is 36.4 Å². The van der Waals surface area contributed by atoms with Crippen molar-refractivity contribution < 1.29 is 14.6 Å². The first-order valence-electron chi connectivity index (χ1n) is 13.4. The van der Waals surface area contributed by atoms with Crippen molar-refractivity contribution in [3.63, 3.8) is 0 Å². The molecule has 2 aliphatic rings. The summed E-state index contributed by atoms with van der Waals surface area (Å²) < 4.78 is 6.39. The topological polar surface area (TPSA) is 49.8 Å². The van der Waals surface area contributed by atoms with Gasteiger partial charge in [-0.05, 0) is 84.4 Å². The average Bonchev–Trinajstić information content (AvgIpc) is 2.82.